The van der Waals surface area contributed by atoms with E-state index in [2.05, 4.69) is 5.32 Å². The Balaban J connectivity index is 2.05. The van der Waals surface area contributed by atoms with Crippen LogP contribution in [0.4, 0.5) is 11.4 Å². The molecule has 0 bridgehead atoms. The molecule has 6 heteroatoms. The number of nitrogens with one attached hydrogen (secondary N) is 1. The molecule has 1 amide bonds. The number of amides is 1. The van der Waals surface area contributed by atoms with Crippen molar-refractivity contribution in [1.82, 2.24) is 0 Å². The number of rotatable bonds is 4. The molecule has 1 aromatic carbocycles. The maximum absolute atomic E-state index is 11.3. The Morgan fingerprint density at radius 1 is 1.44 bits per heavy atom. The first-order valence-corrected chi connectivity index (χ1v) is 5.80. The number of carbonyl (C=O) groups is 1. The van der Waals surface area contributed by atoms with Crippen molar-refractivity contribution < 1.29 is 14.3 Å². The molecule has 0 radical (unpaired) electrons. The van der Waals surface area contributed by atoms with E-state index in [1.165, 1.54) is 0 Å². The Kier molecular flexibility index (Phi) is 4.01. The van der Waals surface area contributed by atoms with Crippen LogP contribution >= 0.6 is 0 Å². The lowest BCUT2D eigenvalue weighted by Crippen LogP contribution is -2.34. The van der Waals surface area contributed by atoms with E-state index in [-0.39, 0.29) is 6.10 Å². The molecule has 98 valence electrons. The van der Waals surface area contributed by atoms with E-state index in [1.807, 2.05) is 0 Å². The molecule has 1 fully saturated rings. The van der Waals surface area contributed by atoms with Gasteiger partial charge in [-0.15, -0.1) is 0 Å². The second-order valence-corrected chi connectivity index (χ2v) is 4.08. The molecule has 1 aliphatic rings. The van der Waals surface area contributed by atoms with Crippen LogP contribution in [0, 0.1) is 0 Å². The molecule has 5 N–H and O–H groups in total. The summed E-state index contributed by atoms with van der Waals surface area (Å²) in [5.41, 5.74) is 12.6. The summed E-state index contributed by atoms with van der Waals surface area (Å²) in [6.07, 6.45) is -0.0425. The molecule has 18 heavy (non-hydrogen) atoms. The third-order valence-electron chi connectivity index (χ3n) is 2.75. The molecule has 1 heterocycles. The van der Waals surface area contributed by atoms with E-state index in [4.69, 9.17) is 20.9 Å². The summed E-state index contributed by atoms with van der Waals surface area (Å²) in [6.45, 7) is 2.26. The predicted octanol–water partition coefficient (Wildman–Crippen LogP) is 0.195. The van der Waals surface area contributed by atoms with E-state index in [0.29, 0.717) is 43.3 Å². The molecule has 1 aromatic rings. The van der Waals surface area contributed by atoms with Crippen LogP contribution < -0.4 is 16.8 Å². The first kappa shape index (κ1) is 12.7. The van der Waals surface area contributed by atoms with Crippen LogP contribution in [0.15, 0.2) is 18.2 Å². The molecular formula is C12H17N3O3. The van der Waals surface area contributed by atoms with E-state index in [0.717, 1.165) is 0 Å². The zero-order valence-electron chi connectivity index (χ0n) is 10.0. The maximum Gasteiger partial charge on any atom is 0.250 e. The van der Waals surface area contributed by atoms with Gasteiger partial charge in [0, 0.05) is 6.54 Å². The van der Waals surface area contributed by atoms with Crippen LogP contribution in [-0.4, -0.2) is 38.4 Å². The fourth-order valence-electron chi connectivity index (χ4n) is 1.84. The van der Waals surface area contributed by atoms with E-state index in [1.54, 1.807) is 18.2 Å². The monoisotopic (exact) mass is 251 g/mol. The lowest BCUT2D eigenvalue weighted by molar-refractivity contribution is -0.0818. The van der Waals surface area contributed by atoms with Gasteiger partial charge in [0.2, 0.25) is 0 Å². The summed E-state index contributed by atoms with van der Waals surface area (Å²) in [4.78, 5) is 11.3. The smallest absolute Gasteiger partial charge is 0.250 e. The van der Waals surface area contributed by atoms with E-state index < -0.39 is 5.91 Å². The Hall–Kier alpha value is -1.79. The molecule has 1 aliphatic heterocycles. The van der Waals surface area contributed by atoms with Crippen LogP contribution in [-0.2, 0) is 9.47 Å². The number of nitrogen functional groups attached to an aromatic ring is 1. The average Bonchev–Trinajstić information content (AvgIpc) is 2.38. The number of anilines is 2. The minimum absolute atomic E-state index is 0.0425. The van der Waals surface area contributed by atoms with Crippen LogP contribution in [0.1, 0.15) is 10.4 Å². The Morgan fingerprint density at radius 2 is 2.28 bits per heavy atom. The summed E-state index contributed by atoms with van der Waals surface area (Å²) in [6, 6.07) is 5.05. The van der Waals surface area contributed by atoms with E-state index in [9.17, 15) is 4.79 Å². The van der Waals surface area contributed by atoms with Crippen molar-refractivity contribution in [3.63, 3.8) is 0 Å². The molecule has 0 aromatic heterocycles. The van der Waals surface area contributed by atoms with Gasteiger partial charge in [-0.1, -0.05) is 6.07 Å². The van der Waals surface area contributed by atoms with E-state index >= 15 is 0 Å². The topological polar surface area (TPSA) is 99.6 Å². The van der Waals surface area contributed by atoms with Crippen LogP contribution in [0.5, 0.6) is 0 Å². The fourth-order valence-corrected chi connectivity index (χ4v) is 1.84. The van der Waals surface area contributed by atoms with Gasteiger partial charge in [0.05, 0.1) is 42.9 Å². The van der Waals surface area contributed by atoms with Gasteiger partial charge in [-0.05, 0) is 12.1 Å². The van der Waals surface area contributed by atoms with Crippen molar-refractivity contribution in [3.05, 3.63) is 23.8 Å². The number of carbonyl (C=O) groups excluding carboxylic acids is 1. The summed E-state index contributed by atoms with van der Waals surface area (Å²) in [5.74, 6) is -0.509. The van der Waals surface area contributed by atoms with Crippen molar-refractivity contribution in [1.29, 1.82) is 0 Å². The average molecular weight is 251 g/mol. The molecule has 0 aliphatic carbocycles. The minimum Gasteiger partial charge on any atom is -0.397 e. The van der Waals surface area contributed by atoms with Crippen molar-refractivity contribution >= 4 is 17.3 Å². The SMILES string of the molecule is NC(=O)c1cccc(N)c1NCC1COCCO1. The highest BCUT2D eigenvalue weighted by atomic mass is 16.6. The Morgan fingerprint density at radius 3 is 2.94 bits per heavy atom. The number of ether oxygens (including phenoxy) is 2. The quantitative estimate of drug-likeness (QED) is 0.664. The highest BCUT2D eigenvalue weighted by Crippen LogP contribution is 2.23. The lowest BCUT2D eigenvalue weighted by atomic mass is 10.1. The first-order chi connectivity index (χ1) is 8.68. The summed E-state index contributed by atoms with van der Waals surface area (Å²) in [5, 5.41) is 3.10. The van der Waals surface area contributed by atoms with Gasteiger partial charge in [0.15, 0.2) is 0 Å². The van der Waals surface area contributed by atoms with Gasteiger partial charge in [-0.3, -0.25) is 4.79 Å². The van der Waals surface area contributed by atoms with Crippen molar-refractivity contribution in [2.75, 3.05) is 37.4 Å². The van der Waals surface area contributed by atoms with Crippen LogP contribution in [0.25, 0.3) is 0 Å². The minimum atomic E-state index is -0.509. The Bertz CT molecular complexity index is 431. The first-order valence-electron chi connectivity index (χ1n) is 5.80. The zero-order chi connectivity index (χ0) is 13.0. The normalized spacial score (nSPS) is 19.4. The fraction of sp³-hybridized carbons (Fsp3) is 0.417. The second-order valence-electron chi connectivity index (χ2n) is 4.08. The van der Waals surface area contributed by atoms with Crippen molar-refractivity contribution in [2.45, 2.75) is 6.10 Å². The third kappa shape index (κ3) is 2.91. The molecule has 0 spiro atoms. The highest BCUT2D eigenvalue weighted by Gasteiger charge is 2.16. The van der Waals surface area contributed by atoms with Crippen molar-refractivity contribution in [3.8, 4) is 0 Å². The van der Waals surface area contributed by atoms with Crippen LogP contribution in [0.2, 0.25) is 0 Å². The van der Waals surface area contributed by atoms with Gasteiger partial charge < -0.3 is 26.3 Å². The zero-order valence-corrected chi connectivity index (χ0v) is 10.0. The standard InChI is InChI=1S/C12H17N3O3/c13-10-3-1-2-9(12(14)16)11(10)15-6-8-7-17-4-5-18-8/h1-3,8,15H,4-7,13H2,(H2,14,16). The molecular weight excluding hydrogens is 234 g/mol. The van der Waals surface area contributed by atoms with Gasteiger partial charge in [-0.25, -0.2) is 0 Å². The maximum atomic E-state index is 11.3. The second kappa shape index (κ2) is 5.70. The summed E-state index contributed by atoms with van der Waals surface area (Å²) in [7, 11) is 0. The largest absolute Gasteiger partial charge is 0.397 e. The summed E-state index contributed by atoms with van der Waals surface area (Å²) >= 11 is 0. The third-order valence-corrected chi connectivity index (χ3v) is 2.75. The lowest BCUT2D eigenvalue weighted by Gasteiger charge is -2.24. The Labute approximate surface area is 105 Å². The molecule has 0 saturated carbocycles. The number of para-hydroxylation sites is 1. The number of hydrogen-bond acceptors (Lipinski definition) is 5. The number of benzene rings is 1. The molecule has 1 atom stereocenters. The summed E-state index contributed by atoms with van der Waals surface area (Å²) < 4.78 is 10.8. The van der Waals surface area contributed by atoms with Crippen molar-refractivity contribution in [2.24, 2.45) is 5.73 Å². The molecule has 1 unspecified atom stereocenters. The van der Waals surface area contributed by atoms with Crippen LogP contribution in [0.3, 0.4) is 0 Å². The van der Waals surface area contributed by atoms with Gasteiger partial charge in [-0.2, -0.15) is 0 Å². The van der Waals surface area contributed by atoms with Gasteiger partial charge >= 0.3 is 0 Å². The predicted molar refractivity (Wildman–Crippen MR) is 68.4 cm³/mol. The number of hydrogen-bond donors (Lipinski definition) is 3. The number of primary amides is 1. The molecule has 6 nitrogen and oxygen atoms in total. The number of nitrogens with two attached hydrogens (primary N) is 2. The van der Waals surface area contributed by atoms with Gasteiger partial charge in [0.25, 0.3) is 5.91 Å². The van der Waals surface area contributed by atoms with Gasteiger partial charge in [0.1, 0.15) is 0 Å². The molecule has 2 rings (SSSR count). The highest BCUT2D eigenvalue weighted by molar-refractivity contribution is 6.01. The molecule has 1 saturated heterocycles.